The van der Waals surface area contributed by atoms with Crippen molar-refractivity contribution < 1.29 is 29.9 Å². The molecule has 1 fully saturated rings. The molecule has 2 heterocycles. The first-order chi connectivity index (χ1) is 17.0. The molecule has 8 nitrogen and oxygen atoms in total. The predicted molar refractivity (Wildman–Crippen MR) is 129 cm³/mol. The topological polar surface area (TPSA) is 128 Å². The van der Waals surface area contributed by atoms with Gasteiger partial charge in [-0.15, -0.1) is 0 Å². The average molecular weight is 475 g/mol. The van der Waals surface area contributed by atoms with Gasteiger partial charge in [0.2, 0.25) is 6.29 Å². The normalized spacial score (nSPS) is 24.3. The Morgan fingerprint density at radius 2 is 1.37 bits per heavy atom. The van der Waals surface area contributed by atoms with E-state index in [-0.39, 0.29) is 0 Å². The van der Waals surface area contributed by atoms with Crippen molar-refractivity contribution in [1.29, 1.82) is 0 Å². The van der Waals surface area contributed by atoms with Crippen molar-refractivity contribution in [2.24, 2.45) is 0 Å². The fraction of sp³-hybridized carbons (Fsp3) is 0.222. The molecule has 0 unspecified atom stereocenters. The molecule has 3 aromatic carbocycles. The SMILES string of the molecule is OC[C@H]1O[C@@H](Oc2ccc(-c3nc(-c4ccccc4)c(-c4ccccc4)[nH]3)cc2)[C@H](O)[C@@H](O)[C@@H]1O. The minimum absolute atomic E-state index is 0.385. The van der Waals surface area contributed by atoms with Crippen molar-refractivity contribution in [3.63, 3.8) is 0 Å². The highest BCUT2D eigenvalue weighted by molar-refractivity contribution is 5.81. The Labute approximate surface area is 202 Å². The summed E-state index contributed by atoms with van der Waals surface area (Å²) in [7, 11) is 0. The van der Waals surface area contributed by atoms with Gasteiger partial charge in [-0.1, -0.05) is 60.7 Å². The van der Waals surface area contributed by atoms with Crippen LogP contribution in [0.25, 0.3) is 33.9 Å². The average Bonchev–Trinajstić information content (AvgIpc) is 3.36. The van der Waals surface area contributed by atoms with E-state index in [9.17, 15) is 20.4 Å². The Balaban J connectivity index is 1.41. The molecule has 4 aromatic rings. The van der Waals surface area contributed by atoms with E-state index < -0.39 is 37.3 Å². The van der Waals surface area contributed by atoms with Gasteiger partial charge in [0.25, 0.3) is 0 Å². The molecule has 1 aromatic heterocycles. The number of nitrogens with one attached hydrogen (secondary N) is 1. The van der Waals surface area contributed by atoms with Gasteiger partial charge in [-0.2, -0.15) is 0 Å². The largest absolute Gasteiger partial charge is 0.462 e. The lowest BCUT2D eigenvalue weighted by Crippen LogP contribution is -2.60. The molecule has 0 amide bonds. The number of ether oxygens (including phenoxy) is 2. The molecule has 1 aliphatic heterocycles. The Bertz CT molecular complexity index is 1190. The number of nitrogens with zero attached hydrogens (tertiary/aromatic N) is 1. The van der Waals surface area contributed by atoms with Crippen LogP contribution in [-0.2, 0) is 4.74 Å². The van der Waals surface area contributed by atoms with Crippen molar-refractivity contribution in [3.05, 3.63) is 84.9 Å². The number of hydrogen-bond acceptors (Lipinski definition) is 7. The molecule has 1 saturated heterocycles. The van der Waals surface area contributed by atoms with Crippen LogP contribution in [0.15, 0.2) is 84.9 Å². The van der Waals surface area contributed by atoms with Crippen molar-refractivity contribution in [1.82, 2.24) is 9.97 Å². The molecule has 0 spiro atoms. The van der Waals surface area contributed by atoms with Gasteiger partial charge >= 0.3 is 0 Å². The van der Waals surface area contributed by atoms with Crippen LogP contribution in [0.3, 0.4) is 0 Å². The highest BCUT2D eigenvalue weighted by Crippen LogP contribution is 2.33. The maximum absolute atomic E-state index is 10.2. The van der Waals surface area contributed by atoms with Crippen LogP contribution in [-0.4, -0.2) is 67.7 Å². The molecule has 0 radical (unpaired) electrons. The van der Waals surface area contributed by atoms with Crippen LogP contribution >= 0.6 is 0 Å². The van der Waals surface area contributed by atoms with Crippen molar-refractivity contribution in [2.45, 2.75) is 30.7 Å². The summed E-state index contributed by atoms with van der Waals surface area (Å²) >= 11 is 0. The zero-order valence-corrected chi connectivity index (χ0v) is 18.7. The maximum Gasteiger partial charge on any atom is 0.229 e. The Hall–Kier alpha value is -3.53. The number of aliphatic hydroxyl groups excluding tert-OH is 4. The molecule has 0 bridgehead atoms. The van der Waals surface area contributed by atoms with Crippen molar-refractivity contribution >= 4 is 0 Å². The van der Waals surface area contributed by atoms with Crippen molar-refractivity contribution in [3.8, 4) is 39.7 Å². The number of rotatable bonds is 6. The summed E-state index contributed by atoms with van der Waals surface area (Å²) in [6, 6.07) is 27.0. The fourth-order valence-corrected chi connectivity index (χ4v) is 4.12. The molecule has 8 heteroatoms. The zero-order chi connectivity index (χ0) is 24.4. The molecule has 1 aliphatic rings. The standard InChI is InChI=1S/C27H26N2O6/c30-15-20-23(31)24(32)25(33)27(35-20)34-19-13-11-18(12-14-19)26-28-21(16-7-3-1-4-8-16)22(29-26)17-9-5-2-6-10-17/h1-14,20,23-25,27,30-33H,15H2,(H,28,29)/t20-,23-,24+,25-,27-/m1/s1. The van der Waals surface area contributed by atoms with Gasteiger partial charge in [0.15, 0.2) is 0 Å². The lowest BCUT2D eigenvalue weighted by molar-refractivity contribution is -0.277. The third kappa shape index (κ3) is 4.70. The van der Waals surface area contributed by atoms with Crippen LogP contribution in [0.4, 0.5) is 0 Å². The first-order valence-corrected chi connectivity index (χ1v) is 11.3. The molecule has 0 aliphatic carbocycles. The Kier molecular flexibility index (Phi) is 6.63. The van der Waals surface area contributed by atoms with Crippen LogP contribution in [0.2, 0.25) is 0 Å². The van der Waals surface area contributed by atoms with E-state index in [0.717, 1.165) is 28.1 Å². The lowest BCUT2D eigenvalue weighted by atomic mass is 9.99. The molecular formula is C27H26N2O6. The second-order valence-corrected chi connectivity index (χ2v) is 8.38. The van der Waals surface area contributed by atoms with Gasteiger partial charge in [0, 0.05) is 16.7 Å². The summed E-state index contributed by atoms with van der Waals surface area (Å²) in [6.45, 7) is -0.518. The van der Waals surface area contributed by atoms with E-state index in [4.69, 9.17) is 14.5 Å². The van der Waals surface area contributed by atoms with E-state index in [1.807, 2.05) is 72.8 Å². The summed E-state index contributed by atoms with van der Waals surface area (Å²) in [5, 5.41) is 39.5. The van der Waals surface area contributed by atoms with Crippen molar-refractivity contribution in [2.75, 3.05) is 6.61 Å². The number of aromatic amines is 1. The Morgan fingerprint density at radius 1 is 0.743 bits per heavy atom. The number of aromatic nitrogens is 2. The summed E-state index contributed by atoms with van der Waals surface area (Å²) in [5.41, 5.74) is 4.59. The number of H-pyrrole nitrogens is 1. The third-order valence-electron chi connectivity index (χ3n) is 6.04. The van der Waals surface area contributed by atoms with Crippen LogP contribution in [0, 0.1) is 0 Å². The molecule has 0 saturated carbocycles. The second kappa shape index (κ2) is 9.99. The van der Waals surface area contributed by atoms with E-state index >= 15 is 0 Å². The summed E-state index contributed by atoms with van der Waals surface area (Å²) in [4.78, 5) is 8.31. The first-order valence-electron chi connectivity index (χ1n) is 11.3. The van der Waals surface area contributed by atoms with Crippen LogP contribution < -0.4 is 4.74 Å². The molecule has 35 heavy (non-hydrogen) atoms. The Morgan fingerprint density at radius 3 is 2.00 bits per heavy atom. The van der Waals surface area contributed by atoms with Gasteiger partial charge in [-0.25, -0.2) is 4.98 Å². The number of imidazole rings is 1. The predicted octanol–water partition coefficient (Wildman–Crippen LogP) is 2.59. The van der Waals surface area contributed by atoms with Gasteiger partial charge in [0.1, 0.15) is 36.0 Å². The highest BCUT2D eigenvalue weighted by atomic mass is 16.7. The van der Waals surface area contributed by atoms with E-state index in [0.29, 0.717) is 11.6 Å². The zero-order valence-electron chi connectivity index (χ0n) is 18.7. The van der Waals surface area contributed by atoms with Gasteiger partial charge in [-0.05, 0) is 24.3 Å². The fourth-order valence-electron chi connectivity index (χ4n) is 4.12. The molecule has 5 rings (SSSR count). The highest BCUT2D eigenvalue weighted by Gasteiger charge is 2.44. The van der Waals surface area contributed by atoms with Gasteiger partial charge in [-0.3, -0.25) is 0 Å². The maximum atomic E-state index is 10.2. The quantitative estimate of drug-likeness (QED) is 0.291. The summed E-state index contributed by atoms with van der Waals surface area (Å²) in [5.74, 6) is 1.07. The van der Waals surface area contributed by atoms with E-state index in [1.54, 1.807) is 12.1 Å². The second-order valence-electron chi connectivity index (χ2n) is 8.38. The number of aliphatic hydroxyl groups is 4. The summed E-state index contributed by atoms with van der Waals surface area (Å²) in [6.07, 6.45) is -6.68. The first kappa shape index (κ1) is 23.2. The van der Waals surface area contributed by atoms with Gasteiger partial charge < -0.3 is 34.9 Å². The molecule has 5 N–H and O–H groups in total. The molecule has 180 valence electrons. The van der Waals surface area contributed by atoms with Crippen LogP contribution in [0.1, 0.15) is 0 Å². The lowest BCUT2D eigenvalue weighted by Gasteiger charge is -2.39. The monoisotopic (exact) mass is 474 g/mol. The summed E-state index contributed by atoms with van der Waals surface area (Å²) < 4.78 is 11.1. The van der Waals surface area contributed by atoms with E-state index in [1.165, 1.54) is 0 Å². The number of benzene rings is 3. The number of hydrogen-bond donors (Lipinski definition) is 5. The van der Waals surface area contributed by atoms with E-state index in [2.05, 4.69) is 4.98 Å². The minimum atomic E-state index is -1.50. The minimum Gasteiger partial charge on any atom is -0.462 e. The van der Waals surface area contributed by atoms with Gasteiger partial charge in [0.05, 0.1) is 18.0 Å². The van der Waals surface area contributed by atoms with Crippen LogP contribution in [0.5, 0.6) is 5.75 Å². The third-order valence-corrected chi connectivity index (χ3v) is 6.04. The molecular weight excluding hydrogens is 448 g/mol. The smallest absolute Gasteiger partial charge is 0.229 e. The molecule has 5 atom stereocenters.